The maximum absolute atomic E-state index is 12.3. The molecule has 2 atom stereocenters. The monoisotopic (exact) mass is 218 g/mol. The number of hydrogen-bond acceptors (Lipinski definition) is 1. The highest BCUT2D eigenvalue weighted by molar-refractivity contribution is 5.98. The first-order chi connectivity index (χ1) is 7.40. The van der Waals surface area contributed by atoms with Gasteiger partial charge in [-0.05, 0) is 44.6 Å². The summed E-state index contributed by atoms with van der Waals surface area (Å²) in [6, 6.07) is 0. The lowest BCUT2D eigenvalue weighted by Gasteiger charge is -2.31. The molecule has 0 bridgehead atoms. The summed E-state index contributed by atoms with van der Waals surface area (Å²) >= 11 is 0. The third-order valence-electron chi connectivity index (χ3n) is 3.48. The molecule has 0 heterocycles. The Morgan fingerprint density at radius 1 is 1.56 bits per heavy atom. The van der Waals surface area contributed by atoms with Crippen molar-refractivity contribution in [1.82, 2.24) is 0 Å². The quantitative estimate of drug-likeness (QED) is 0.638. The minimum absolute atomic E-state index is 0.0475. The molecular formula is C15H22O. The molecule has 0 aromatic heterocycles. The van der Waals surface area contributed by atoms with Crippen LogP contribution in [0, 0.1) is 11.3 Å². The summed E-state index contributed by atoms with van der Waals surface area (Å²) in [6.07, 6.45) is 8.05. The second-order valence-electron chi connectivity index (χ2n) is 5.22. The van der Waals surface area contributed by atoms with E-state index in [1.54, 1.807) is 0 Å². The minimum Gasteiger partial charge on any atom is -0.294 e. The molecule has 0 aromatic carbocycles. The first-order valence-corrected chi connectivity index (χ1v) is 5.90. The molecule has 0 aliphatic heterocycles. The summed E-state index contributed by atoms with van der Waals surface area (Å²) in [5.74, 6) is 0.204. The molecule has 1 rings (SSSR count). The van der Waals surface area contributed by atoms with E-state index in [9.17, 15) is 4.79 Å². The molecule has 0 amide bonds. The number of hydrogen-bond donors (Lipinski definition) is 0. The van der Waals surface area contributed by atoms with Crippen molar-refractivity contribution >= 4 is 5.78 Å². The Morgan fingerprint density at radius 3 is 2.69 bits per heavy atom. The highest BCUT2D eigenvalue weighted by Gasteiger charge is 2.36. The molecule has 1 nitrogen and oxygen atoms in total. The van der Waals surface area contributed by atoms with Crippen molar-refractivity contribution in [2.45, 2.75) is 40.5 Å². The van der Waals surface area contributed by atoms with Crippen LogP contribution in [0.1, 0.15) is 40.5 Å². The molecule has 0 radical (unpaired) electrons. The van der Waals surface area contributed by atoms with Gasteiger partial charge >= 0.3 is 0 Å². The molecule has 0 saturated heterocycles. The smallest absolute Gasteiger partial charge is 0.165 e. The molecule has 0 spiro atoms. The Morgan fingerprint density at radius 2 is 2.19 bits per heavy atom. The fourth-order valence-electron chi connectivity index (χ4n) is 2.23. The van der Waals surface area contributed by atoms with E-state index in [1.165, 1.54) is 5.57 Å². The van der Waals surface area contributed by atoms with Gasteiger partial charge in [0.25, 0.3) is 0 Å². The number of carbonyl (C=O) groups excluding carboxylic acids is 1. The summed E-state index contributed by atoms with van der Waals surface area (Å²) in [6.45, 7) is 12.0. The molecule has 88 valence electrons. The van der Waals surface area contributed by atoms with Gasteiger partial charge in [0.2, 0.25) is 0 Å². The topological polar surface area (TPSA) is 17.1 Å². The summed E-state index contributed by atoms with van der Waals surface area (Å²) in [5, 5.41) is 0. The fraction of sp³-hybridized carbons (Fsp3) is 0.533. The van der Waals surface area contributed by atoms with E-state index in [1.807, 2.05) is 26.8 Å². The predicted molar refractivity (Wildman–Crippen MR) is 69.2 cm³/mol. The van der Waals surface area contributed by atoms with Crippen LogP contribution in [0.2, 0.25) is 0 Å². The van der Waals surface area contributed by atoms with Crippen LogP contribution in [0.3, 0.4) is 0 Å². The van der Waals surface area contributed by atoms with Crippen molar-refractivity contribution in [3.63, 3.8) is 0 Å². The zero-order valence-electron chi connectivity index (χ0n) is 10.8. The molecule has 0 aromatic rings. The molecule has 0 unspecified atom stereocenters. The van der Waals surface area contributed by atoms with Gasteiger partial charge in [0.1, 0.15) is 0 Å². The SMILES string of the molecule is C=C[C@]1(C)CCC=C(C)C(=O)[C@H]1C=C(C)C. The second-order valence-corrected chi connectivity index (χ2v) is 5.22. The first kappa shape index (κ1) is 13.0. The number of allylic oxidation sites excluding steroid dienone is 5. The number of rotatable bonds is 2. The molecule has 16 heavy (non-hydrogen) atoms. The third kappa shape index (κ3) is 2.52. The Kier molecular flexibility index (Phi) is 3.90. The van der Waals surface area contributed by atoms with Crippen molar-refractivity contribution < 1.29 is 4.79 Å². The Balaban J connectivity index is 3.19. The van der Waals surface area contributed by atoms with Gasteiger partial charge in [-0.2, -0.15) is 0 Å². The Labute approximate surface area is 98.9 Å². The van der Waals surface area contributed by atoms with Gasteiger partial charge in [0, 0.05) is 5.92 Å². The van der Waals surface area contributed by atoms with Crippen LogP contribution in [0.15, 0.2) is 36.0 Å². The molecule has 1 aliphatic rings. The van der Waals surface area contributed by atoms with E-state index in [4.69, 9.17) is 0 Å². The van der Waals surface area contributed by atoms with E-state index in [0.29, 0.717) is 0 Å². The second kappa shape index (κ2) is 4.82. The predicted octanol–water partition coefficient (Wildman–Crippen LogP) is 4.07. The Hall–Kier alpha value is -1.11. The lowest BCUT2D eigenvalue weighted by molar-refractivity contribution is -0.120. The third-order valence-corrected chi connectivity index (χ3v) is 3.48. The normalized spacial score (nSPS) is 30.4. The van der Waals surface area contributed by atoms with Gasteiger partial charge in [-0.3, -0.25) is 4.79 Å². The summed E-state index contributed by atoms with van der Waals surface area (Å²) in [7, 11) is 0. The van der Waals surface area contributed by atoms with Gasteiger partial charge in [0.15, 0.2) is 5.78 Å². The standard InChI is InChI=1S/C15H22O/c1-6-15(5)9-7-8-12(4)14(16)13(15)10-11(2)3/h6,8,10,13H,1,7,9H2,2-5H3/t13-,15-/m1/s1. The van der Waals surface area contributed by atoms with Crippen LogP contribution in [-0.2, 0) is 4.79 Å². The van der Waals surface area contributed by atoms with Gasteiger partial charge in [-0.1, -0.05) is 30.7 Å². The van der Waals surface area contributed by atoms with E-state index in [-0.39, 0.29) is 17.1 Å². The van der Waals surface area contributed by atoms with E-state index in [0.717, 1.165) is 18.4 Å². The Bertz CT molecular complexity index is 356. The summed E-state index contributed by atoms with van der Waals surface area (Å²) in [5.41, 5.74) is 1.98. The van der Waals surface area contributed by atoms with Crippen LogP contribution >= 0.6 is 0 Å². The van der Waals surface area contributed by atoms with E-state index in [2.05, 4.69) is 25.7 Å². The average Bonchev–Trinajstić information content (AvgIpc) is 2.32. The van der Waals surface area contributed by atoms with Crippen molar-refractivity contribution in [2.75, 3.05) is 0 Å². The van der Waals surface area contributed by atoms with E-state index >= 15 is 0 Å². The highest BCUT2D eigenvalue weighted by Crippen LogP contribution is 2.39. The maximum atomic E-state index is 12.3. The highest BCUT2D eigenvalue weighted by atomic mass is 16.1. The number of carbonyl (C=O) groups is 1. The lowest BCUT2D eigenvalue weighted by Crippen LogP contribution is -2.29. The summed E-state index contributed by atoms with van der Waals surface area (Å²) < 4.78 is 0. The van der Waals surface area contributed by atoms with Gasteiger partial charge in [-0.15, -0.1) is 6.58 Å². The van der Waals surface area contributed by atoms with Crippen LogP contribution in [0.25, 0.3) is 0 Å². The maximum Gasteiger partial charge on any atom is 0.165 e. The van der Waals surface area contributed by atoms with Crippen molar-refractivity contribution in [3.8, 4) is 0 Å². The van der Waals surface area contributed by atoms with Crippen LogP contribution < -0.4 is 0 Å². The minimum atomic E-state index is -0.109. The van der Waals surface area contributed by atoms with Gasteiger partial charge in [-0.25, -0.2) is 0 Å². The number of Topliss-reactive ketones (excluding diaryl/α,β-unsaturated/α-hetero) is 1. The number of ketones is 1. The van der Waals surface area contributed by atoms with Crippen molar-refractivity contribution in [3.05, 3.63) is 36.0 Å². The molecular weight excluding hydrogens is 196 g/mol. The zero-order valence-corrected chi connectivity index (χ0v) is 10.8. The van der Waals surface area contributed by atoms with Crippen molar-refractivity contribution in [1.29, 1.82) is 0 Å². The van der Waals surface area contributed by atoms with E-state index < -0.39 is 0 Å². The van der Waals surface area contributed by atoms with Crippen LogP contribution in [0.4, 0.5) is 0 Å². The fourth-order valence-corrected chi connectivity index (χ4v) is 2.23. The van der Waals surface area contributed by atoms with Gasteiger partial charge < -0.3 is 0 Å². The first-order valence-electron chi connectivity index (χ1n) is 5.90. The van der Waals surface area contributed by atoms with Crippen LogP contribution in [-0.4, -0.2) is 5.78 Å². The zero-order chi connectivity index (χ0) is 12.3. The molecule has 1 heteroatoms. The molecule has 1 aliphatic carbocycles. The lowest BCUT2D eigenvalue weighted by atomic mass is 9.72. The van der Waals surface area contributed by atoms with Crippen LogP contribution in [0.5, 0.6) is 0 Å². The largest absolute Gasteiger partial charge is 0.294 e. The molecule has 0 saturated carbocycles. The van der Waals surface area contributed by atoms with Crippen molar-refractivity contribution in [2.24, 2.45) is 11.3 Å². The molecule has 0 N–H and O–H groups in total. The summed E-state index contributed by atoms with van der Waals surface area (Å²) in [4.78, 5) is 12.3. The van der Waals surface area contributed by atoms with Gasteiger partial charge in [0.05, 0.1) is 0 Å². The average molecular weight is 218 g/mol. The molecule has 0 fully saturated rings.